The first kappa shape index (κ1) is 6.16. The highest BCUT2D eigenvalue weighted by Crippen LogP contribution is 1.88. The lowest BCUT2D eigenvalue weighted by molar-refractivity contribution is 0.866. The van der Waals surface area contributed by atoms with Crippen LogP contribution in [0.5, 0.6) is 0 Å². The number of hydrogen-bond donors (Lipinski definition) is 1. The van der Waals surface area contributed by atoms with Crippen molar-refractivity contribution < 1.29 is 0 Å². The minimum atomic E-state index is 0.638. The first-order chi connectivity index (χ1) is 4.43. The summed E-state index contributed by atoms with van der Waals surface area (Å²) in [6.45, 7) is 0.638. The number of nitrogens with zero attached hydrogens (tertiary/aromatic N) is 2. The molecule has 0 amide bonds. The van der Waals surface area contributed by atoms with Gasteiger partial charge in [0.25, 0.3) is 0 Å². The standard InChI is InChI=1S/C6H9N3/c7-4-3-6-2-1-5-8-9-6/h1-2,5H,3-4,7H2. The number of rotatable bonds is 2. The Balaban J connectivity index is 2.61. The van der Waals surface area contributed by atoms with Gasteiger partial charge >= 0.3 is 0 Å². The summed E-state index contributed by atoms with van der Waals surface area (Å²) in [5, 5.41) is 7.54. The summed E-state index contributed by atoms with van der Waals surface area (Å²) in [5.41, 5.74) is 6.25. The fourth-order valence-electron chi connectivity index (χ4n) is 0.615. The Kier molecular flexibility index (Phi) is 2.15. The van der Waals surface area contributed by atoms with E-state index in [1.807, 2.05) is 12.1 Å². The highest BCUT2D eigenvalue weighted by molar-refractivity contribution is 4.98. The first-order valence-corrected chi connectivity index (χ1v) is 2.90. The molecule has 0 aliphatic carbocycles. The van der Waals surface area contributed by atoms with E-state index >= 15 is 0 Å². The van der Waals surface area contributed by atoms with Crippen LogP contribution in [-0.2, 0) is 6.42 Å². The van der Waals surface area contributed by atoms with Crippen molar-refractivity contribution in [2.45, 2.75) is 6.42 Å². The predicted octanol–water partition coefficient (Wildman–Crippen LogP) is -0.0222. The fourth-order valence-corrected chi connectivity index (χ4v) is 0.615. The van der Waals surface area contributed by atoms with E-state index < -0.39 is 0 Å². The lowest BCUT2D eigenvalue weighted by Crippen LogP contribution is -2.04. The van der Waals surface area contributed by atoms with Crippen LogP contribution >= 0.6 is 0 Å². The Morgan fingerprint density at radius 2 is 2.44 bits per heavy atom. The molecule has 0 aromatic carbocycles. The summed E-state index contributed by atoms with van der Waals surface area (Å²) in [7, 11) is 0. The molecule has 3 nitrogen and oxygen atoms in total. The minimum Gasteiger partial charge on any atom is -0.330 e. The minimum absolute atomic E-state index is 0.638. The molecule has 0 unspecified atom stereocenters. The van der Waals surface area contributed by atoms with Gasteiger partial charge in [0, 0.05) is 12.6 Å². The van der Waals surface area contributed by atoms with Crippen molar-refractivity contribution in [3.8, 4) is 0 Å². The zero-order valence-corrected chi connectivity index (χ0v) is 5.12. The molecule has 1 rings (SSSR count). The van der Waals surface area contributed by atoms with E-state index in [9.17, 15) is 0 Å². The Bertz CT molecular complexity index is 161. The average Bonchev–Trinajstić information content (AvgIpc) is 1.91. The molecule has 0 saturated carbocycles. The summed E-state index contributed by atoms with van der Waals surface area (Å²) >= 11 is 0. The third-order valence-corrected chi connectivity index (χ3v) is 1.03. The summed E-state index contributed by atoms with van der Waals surface area (Å²) in [6, 6.07) is 3.78. The van der Waals surface area contributed by atoms with Crippen molar-refractivity contribution in [1.29, 1.82) is 0 Å². The van der Waals surface area contributed by atoms with Crippen molar-refractivity contribution in [1.82, 2.24) is 10.2 Å². The van der Waals surface area contributed by atoms with Crippen LogP contribution in [0, 0.1) is 0 Å². The Morgan fingerprint density at radius 3 is 3.00 bits per heavy atom. The maximum Gasteiger partial charge on any atom is 0.0643 e. The van der Waals surface area contributed by atoms with E-state index in [-0.39, 0.29) is 0 Å². The molecule has 9 heavy (non-hydrogen) atoms. The number of aromatic nitrogens is 2. The number of nitrogens with two attached hydrogens (primary N) is 1. The van der Waals surface area contributed by atoms with Crippen molar-refractivity contribution in [2.24, 2.45) is 5.73 Å². The third kappa shape index (κ3) is 1.77. The molecular formula is C6H9N3. The van der Waals surface area contributed by atoms with E-state index in [2.05, 4.69) is 10.2 Å². The molecule has 0 radical (unpaired) electrons. The summed E-state index contributed by atoms with van der Waals surface area (Å²) in [5.74, 6) is 0. The molecule has 1 heterocycles. The molecule has 0 aliphatic heterocycles. The lowest BCUT2D eigenvalue weighted by Gasteiger charge is -1.91. The summed E-state index contributed by atoms with van der Waals surface area (Å²) in [4.78, 5) is 0. The molecule has 1 aromatic heterocycles. The molecule has 0 spiro atoms. The van der Waals surface area contributed by atoms with E-state index in [1.54, 1.807) is 6.20 Å². The van der Waals surface area contributed by atoms with E-state index in [4.69, 9.17) is 5.73 Å². The average molecular weight is 123 g/mol. The van der Waals surface area contributed by atoms with E-state index in [0.717, 1.165) is 12.1 Å². The van der Waals surface area contributed by atoms with Crippen molar-refractivity contribution in [3.05, 3.63) is 24.0 Å². The monoisotopic (exact) mass is 123 g/mol. The van der Waals surface area contributed by atoms with Gasteiger partial charge in [-0.1, -0.05) is 0 Å². The van der Waals surface area contributed by atoms with E-state index in [0.29, 0.717) is 6.54 Å². The third-order valence-electron chi connectivity index (χ3n) is 1.03. The Morgan fingerprint density at radius 1 is 1.56 bits per heavy atom. The zero-order valence-electron chi connectivity index (χ0n) is 5.12. The second kappa shape index (κ2) is 3.14. The summed E-state index contributed by atoms with van der Waals surface area (Å²) < 4.78 is 0. The van der Waals surface area contributed by atoms with Crippen LogP contribution in [0.25, 0.3) is 0 Å². The van der Waals surface area contributed by atoms with Crippen LogP contribution in [0.3, 0.4) is 0 Å². The smallest absolute Gasteiger partial charge is 0.0643 e. The van der Waals surface area contributed by atoms with E-state index in [1.165, 1.54) is 0 Å². The second-order valence-electron chi connectivity index (χ2n) is 1.75. The maximum absolute atomic E-state index is 5.29. The largest absolute Gasteiger partial charge is 0.330 e. The molecule has 0 saturated heterocycles. The van der Waals surface area contributed by atoms with Gasteiger partial charge in [-0.05, 0) is 18.7 Å². The van der Waals surface area contributed by atoms with Crippen LogP contribution in [0.2, 0.25) is 0 Å². The topological polar surface area (TPSA) is 51.8 Å². The molecule has 0 fully saturated rings. The van der Waals surface area contributed by atoms with Gasteiger partial charge in [0.05, 0.1) is 5.69 Å². The van der Waals surface area contributed by atoms with Crippen LogP contribution < -0.4 is 5.73 Å². The zero-order chi connectivity index (χ0) is 6.53. The maximum atomic E-state index is 5.29. The van der Waals surface area contributed by atoms with Crippen molar-refractivity contribution in [2.75, 3.05) is 6.54 Å². The van der Waals surface area contributed by atoms with Gasteiger partial charge in [0.1, 0.15) is 0 Å². The molecule has 48 valence electrons. The molecule has 3 heteroatoms. The highest BCUT2D eigenvalue weighted by Gasteiger charge is 1.87. The molecule has 1 aromatic rings. The Labute approximate surface area is 53.9 Å². The normalized spacial score (nSPS) is 9.44. The van der Waals surface area contributed by atoms with Crippen LogP contribution in [0.1, 0.15) is 5.69 Å². The predicted molar refractivity (Wildman–Crippen MR) is 34.8 cm³/mol. The quantitative estimate of drug-likeness (QED) is 0.601. The summed E-state index contributed by atoms with van der Waals surface area (Å²) in [6.07, 6.45) is 2.47. The lowest BCUT2D eigenvalue weighted by atomic mass is 10.3. The van der Waals surface area contributed by atoms with Crippen molar-refractivity contribution in [3.63, 3.8) is 0 Å². The van der Waals surface area contributed by atoms with Gasteiger partial charge < -0.3 is 5.73 Å². The van der Waals surface area contributed by atoms with Gasteiger partial charge in [-0.3, -0.25) is 0 Å². The molecule has 2 N–H and O–H groups in total. The first-order valence-electron chi connectivity index (χ1n) is 2.90. The SMILES string of the molecule is NCCc1cccnn1. The van der Waals surface area contributed by atoms with Crippen LogP contribution in [0.15, 0.2) is 18.3 Å². The highest BCUT2D eigenvalue weighted by atomic mass is 15.1. The van der Waals surface area contributed by atoms with Gasteiger partial charge in [-0.2, -0.15) is 10.2 Å². The van der Waals surface area contributed by atoms with Crippen LogP contribution in [0.4, 0.5) is 0 Å². The molecule has 0 bridgehead atoms. The second-order valence-corrected chi connectivity index (χ2v) is 1.75. The van der Waals surface area contributed by atoms with Crippen LogP contribution in [-0.4, -0.2) is 16.7 Å². The van der Waals surface area contributed by atoms with Crippen molar-refractivity contribution >= 4 is 0 Å². The Hall–Kier alpha value is -0.960. The molecular weight excluding hydrogens is 114 g/mol. The van der Waals surface area contributed by atoms with Gasteiger partial charge in [-0.15, -0.1) is 0 Å². The van der Waals surface area contributed by atoms with Gasteiger partial charge in [0.15, 0.2) is 0 Å². The van der Waals surface area contributed by atoms with Gasteiger partial charge in [0.2, 0.25) is 0 Å². The molecule has 0 atom stereocenters. The fraction of sp³-hybridized carbons (Fsp3) is 0.333. The molecule has 0 aliphatic rings. The van der Waals surface area contributed by atoms with Gasteiger partial charge in [-0.25, -0.2) is 0 Å². The number of hydrogen-bond acceptors (Lipinski definition) is 3.